The molecule has 1 N–H and O–H groups in total. The van der Waals surface area contributed by atoms with Gasteiger partial charge in [-0.3, -0.25) is 4.79 Å². The number of nitrogens with zero attached hydrogens (tertiary/aromatic N) is 1. The third kappa shape index (κ3) is 2.43. The Kier molecular flexibility index (Phi) is 4.08. The van der Waals surface area contributed by atoms with Crippen molar-refractivity contribution >= 4 is 23.6 Å². The number of rotatable bonds is 2. The first-order chi connectivity index (χ1) is 9.77. The number of aliphatic carboxylic acids is 1. The molecule has 1 aromatic rings. The summed E-state index contributed by atoms with van der Waals surface area (Å²) in [6.45, 7) is 0. The largest absolute Gasteiger partial charge is 0.480 e. The highest BCUT2D eigenvalue weighted by Gasteiger charge is 2.39. The number of amides is 1. The van der Waals surface area contributed by atoms with Gasteiger partial charge >= 0.3 is 5.97 Å². The predicted molar refractivity (Wildman–Crippen MR) is 61.2 cm³/mol. The second-order valence-electron chi connectivity index (χ2n) is 4.07. The van der Waals surface area contributed by atoms with Crippen LogP contribution in [-0.4, -0.2) is 39.6 Å². The number of carbonyl (C=O) groups is 2. The maximum Gasteiger partial charge on any atom is 0.327 e. The Labute approximate surface area is 118 Å². The van der Waals surface area contributed by atoms with Crippen LogP contribution in [0.25, 0.3) is 0 Å². The number of benzene rings is 1. The number of carboxylic acid groups (broad SMARTS) is 1. The fourth-order valence-electron chi connectivity index (χ4n) is 1.78. The zero-order chi connectivity index (χ0) is 15.9. The van der Waals surface area contributed by atoms with Crippen molar-refractivity contribution < 1.29 is 36.6 Å². The van der Waals surface area contributed by atoms with Crippen molar-refractivity contribution in [3.63, 3.8) is 0 Å². The molecule has 0 spiro atoms. The van der Waals surface area contributed by atoms with Crippen LogP contribution in [0.2, 0.25) is 0 Å². The van der Waals surface area contributed by atoms with Gasteiger partial charge in [-0.25, -0.2) is 26.7 Å². The van der Waals surface area contributed by atoms with Gasteiger partial charge in [0.25, 0.3) is 5.91 Å². The lowest BCUT2D eigenvalue weighted by Gasteiger charge is -2.21. The van der Waals surface area contributed by atoms with Crippen molar-refractivity contribution in [3.05, 3.63) is 34.6 Å². The molecule has 2 rings (SSSR count). The number of hydrogen-bond donors (Lipinski definition) is 1. The third-order valence-corrected chi connectivity index (χ3v) is 3.86. The van der Waals surface area contributed by atoms with Crippen LogP contribution in [0.3, 0.4) is 0 Å². The summed E-state index contributed by atoms with van der Waals surface area (Å²) < 4.78 is 66.0. The molecular formula is C11H6F5NO3S. The van der Waals surface area contributed by atoms with Crippen LogP contribution >= 0.6 is 11.8 Å². The molecule has 1 aliphatic rings. The van der Waals surface area contributed by atoms with Crippen molar-refractivity contribution in [3.8, 4) is 0 Å². The standard InChI is InChI=1S/C11H6F5NO3S/c12-5-4(6(13)8(15)9(16)7(5)14)10(18)17-2-21-1-3(17)11(19)20/h3H,1-2H2,(H,19,20). The van der Waals surface area contributed by atoms with E-state index in [9.17, 15) is 31.5 Å². The van der Waals surface area contributed by atoms with Gasteiger partial charge in [0.2, 0.25) is 5.82 Å². The van der Waals surface area contributed by atoms with Gasteiger partial charge in [-0.1, -0.05) is 0 Å². The van der Waals surface area contributed by atoms with Crippen molar-refractivity contribution in [1.82, 2.24) is 4.90 Å². The molecule has 1 atom stereocenters. The van der Waals surface area contributed by atoms with Gasteiger partial charge in [-0.05, 0) is 0 Å². The van der Waals surface area contributed by atoms with Crippen LogP contribution in [0.4, 0.5) is 22.0 Å². The van der Waals surface area contributed by atoms with E-state index in [0.717, 1.165) is 11.8 Å². The van der Waals surface area contributed by atoms with Gasteiger partial charge in [0.1, 0.15) is 11.6 Å². The van der Waals surface area contributed by atoms with Crippen LogP contribution in [0.15, 0.2) is 0 Å². The van der Waals surface area contributed by atoms with Gasteiger partial charge in [0, 0.05) is 5.75 Å². The summed E-state index contributed by atoms with van der Waals surface area (Å²) in [6.07, 6.45) is 0. The summed E-state index contributed by atoms with van der Waals surface area (Å²) in [7, 11) is 0. The fourth-order valence-corrected chi connectivity index (χ4v) is 2.93. The minimum Gasteiger partial charge on any atom is -0.480 e. The summed E-state index contributed by atoms with van der Waals surface area (Å²) in [5.41, 5.74) is -1.65. The zero-order valence-corrected chi connectivity index (χ0v) is 10.8. The molecule has 0 bridgehead atoms. The lowest BCUT2D eigenvalue weighted by atomic mass is 10.1. The smallest absolute Gasteiger partial charge is 0.327 e. The molecule has 10 heteroatoms. The molecule has 1 aromatic carbocycles. The Morgan fingerprint density at radius 1 is 1.00 bits per heavy atom. The van der Waals surface area contributed by atoms with E-state index < -0.39 is 52.6 Å². The van der Waals surface area contributed by atoms with Crippen LogP contribution in [0, 0.1) is 29.1 Å². The topological polar surface area (TPSA) is 57.6 Å². The quantitative estimate of drug-likeness (QED) is 0.513. The molecule has 1 amide bonds. The summed E-state index contributed by atoms with van der Waals surface area (Å²) in [5.74, 6) is -14.7. The number of thioether (sulfide) groups is 1. The van der Waals surface area contributed by atoms with E-state index in [2.05, 4.69) is 0 Å². The minimum atomic E-state index is -2.38. The Hall–Kier alpha value is -1.84. The fraction of sp³-hybridized carbons (Fsp3) is 0.273. The van der Waals surface area contributed by atoms with Gasteiger partial charge in [-0.15, -0.1) is 11.8 Å². The Bertz CT molecular complexity index is 610. The first kappa shape index (κ1) is 15.5. The molecule has 0 aliphatic carbocycles. The Morgan fingerprint density at radius 3 is 1.95 bits per heavy atom. The van der Waals surface area contributed by atoms with Crippen LogP contribution in [0.1, 0.15) is 10.4 Å². The molecular weight excluding hydrogens is 321 g/mol. The lowest BCUT2D eigenvalue weighted by Crippen LogP contribution is -2.42. The molecule has 0 radical (unpaired) electrons. The molecule has 0 saturated carbocycles. The maximum absolute atomic E-state index is 13.5. The number of carboxylic acids is 1. The van der Waals surface area contributed by atoms with Gasteiger partial charge < -0.3 is 10.0 Å². The summed E-state index contributed by atoms with van der Waals surface area (Å²) >= 11 is 0.983. The van der Waals surface area contributed by atoms with E-state index in [1.54, 1.807) is 0 Å². The second-order valence-corrected chi connectivity index (χ2v) is 5.07. The summed E-state index contributed by atoms with van der Waals surface area (Å²) in [4.78, 5) is 23.4. The van der Waals surface area contributed by atoms with E-state index in [1.807, 2.05) is 0 Å². The van der Waals surface area contributed by atoms with Crippen LogP contribution in [-0.2, 0) is 4.79 Å². The summed E-state index contributed by atoms with van der Waals surface area (Å²) in [6, 6.07) is -1.39. The van der Waals surface area contributed by atoms with Crippen molar-refractivity contribution in [2.45, 2.75) is 6.04 Å². The molecule has 1 fully saturated rings. The SMILES string of the molecule is O=C(O)C1CSCN1C(=O)c1c(F)c(F)c(F)c(F)c1F. The number of hydrogen-bond acceptors (Lipinski definition) is 3. The van der Waals surface area contributed by atoms with E-state index >= 15 is 0 Å². The van der Waals surface area contributed by atoms with Crippen molar-refractivity contribution in [1.29, 1.82) is 0 Å². The zero-order valence-electron chi connectivity index (χ0n) is 10.0. The van der Waals surface area contributed by atoms with Gasteiger partial charge in [0.15, 0.2) is 23.3 Å². The Morgan fingerprint density at radius 2 is 1.48 bits per heavy atom. The minimum absolute atomic E-state index is 0.0452. The Balaban J connectivity index is 2.52. The van der Waals surface area contributed by atoms with Gasteiger partial charge in [0.05, 0.1) is 5.88 Å². The van der Waals surface area contributed by atoms with E-state index in [-0.39, 0.29) is 11.6 Å². The normalized spacial score (nSPS) is 18.1. The van der Waals surface area contributed by atoms with Gasteiger partial charge in [-0.2, -0.15) is 0 Å². The molecule has 0 aromatic heterocycles. The number of halogens is 5. The average Bonchev–Trinajstić information content (AvgIpc) is 2.92. The molecule has 1 heterocycles. The van der Waals surface area contributed by atoms with E-state index in [1.165, 1.54) is 0 Å². The van der Waals surface area contributed by atoms with Crippen molar-refractivity contribution in [2.75, 3.05) is 11.6 Å². The molecule has 1 aliphatic heterocycles. The lowest BCUT2D eigenvalue weighted by molar-refractivity contribution is -0.140. The first-order valence-corrected chi connectivity index (χ1v) is 6.55. The van der Waals surface area contributed by atoms with Crippen molar-refractivity contribution in [2.24, 2.45) is 0 Å². The highest BCUT2D eigenvalue weighted by molar-refractivity contribution is 7.99. The highest BCUT2D eigenvalue weighted by atomic mass is 32.2. The number of carbonyl (C=O) groups excluding carboxylic acids is 1. The van der Waals surface area contributed by atoms with Crippen LogP contribution in [0.5, 0.6) is 0 Å². The third-order valence-electron chi connectivity index (χ3n) is 2.85. The predicted octanol–water partition coefficient (Wildman–Crippen LogP) is 1.98. The molecule has 1 unspecified atom stereocenters. The molecule has 114 valence electrons. The second kappa shape index (κ2) is 5.51. The average molecular weight is 327 g/mol. The monoisotopic (exact) mass is 327 g/mol. The molecule has 4 nitrogen and oxygen atoms in total. The highest BCUT2D eigenvalue weighted by Crippen LogP contribution is 2.28. The van der Waals surface area contributed by atoms with E-state index in [0.29, 0.717) is 4.90 Å². The first-order valence-electron chi connectivity index (χ1n) is 5.40. The molecule has 1 saturated heterocycles. The summed E-state index contributed by atoms with van der Waals surface area (Å²) in [5, 5.41) is 8.87. The molecule has 21 heavy (non-hydrogen) atoms. The van der Waals surface area contributed by atoms with Crippen LogP contribution < -0.4 is 0 Å². The van der Waals surface area contributed by atoms with E-state index in [4.69, 9.17) is 5.11 Å². The maximum atomic E-state index is 13.5.